The van der Waals surface area contributed by atoms with E-state index in [2.05, 4.69) is 5.32 Å². The summed E-state index contributed by atoms with van der Waals surface area (Å²) in [5.41, 5.74) is 2.28. The molecule has 2 N–H and O–H groups in total. The number of aryl methyl sites for hydroxylation is 2. The quantitative estimate of drug-likeness (QED) is 0.479. The van der Waals surface area contributed by atoms with Gasteiger partial charge >= 0.3 is 12.0 Å². The van der Waals surface area contributed by atoms with Crippen molar-refractivity contribution in [2.24, 2.45) is 0 Å². The molecule has 8 heteroatoms. The first-order valence-electron chi connectivity index (χ1n) is 9.67. The van der Waals surface area contributed by atoms with E-state index in [-0.39, 0.29) is 16.9 Å². The topological polar surface area (TPSA) is 117 Å². The summed E-state index contributed by atoms with van der Waals surface area (Å²) in [6.45, 7) is 3.56. The minimum absolute atomic E-state index is 0.108. The highest BCUT2D eigenvalue weighted by Gasteiger charge is 2.37. The molecule has 8 nitrogen and oxygen atoms in total. The van der Waals surface area contributed by atoms with Gasteiger partial charge in [0, 0.05) is 5.56 Å². The van der Waals surface area contributed by atoms with Crippen LogP contribution in [-0.2, 0) is 9.59 Å². The molecule has 0 saturated carbocycles. The Morgan fingerprint density at radius 2 is 1.75 bits per heavy atom. The Morgan fingerprint density at radius 1 is 1.00 bits per heavy atom. The number of urea groups is 1. The van der Waals surface area contributed by atoms with Crippen molar-refractivity contribution in [1.82, 2.24) is 5.32 Å². The van der Waals surface area contributed by atoms with E-state index in [0.717, 1.165) is 10.5 Å². The molecule has 160 valence electrons. The van der Waals surface area contributed by atoms with Crippen molar-refractivity contribution in [2.45, 2.75) is 13.8 Å². The molecular formula is C24H18N2O6. The van der Waals surface area contributed by atoms with Crippen molar-refractivity contribution in [3.63, 3.8) is 0 Å². The van der Waals surface area contributed by atoms with Crippen LogP contribution in [0.5, 0.6) is 0 Å². The molecular weight excluding hydrogens is 412 g/mol. The van der Waals surface area contributed by atoms with Gasteiger partial charge in [-0.15, -0.1) is 0 Å². The fourth-order valence-corrected chi connectivity index (χ4v) is 3.43. The van der Waals surface area contributed by atoms with Crippen LogP contribution in [-0.4, -0.2) is 28.9 Å². The van der Waals surface area contributed by atoms with Crippen molar-refractivity contribution < 1.29 is 28.7 Å². The molecule has 1 aromatic heterocycles. The molecule has 1 saturated heterocycles. The zero-order chi connectivity index (χ0) is 23.0. The van der Waals surface area contributed by atoms with E-state index in [9.17, 15) is 24.3 Å². The van der Waals surface area contributed by atoms with E-state index in [1.165, 1.54) is 18.2 Å². The average molecular weight is 430 g/mol. The van der Waals surface area contributed by atoms with Crippen LogP contribution < -0.4 is 10.2 Å². The molecule has 2 heterocycles. The monoisotopic (exact) mass is 430 g/mol. The number of aromatic carboxylic acids is 1. The molecule has 3 aromatic rings. The number of anilines is 1. The highest BCUT2D eigenvalue weighted by atomic mass is 16.4. The van der Waals surface area contributed by atoms with Gasteiger partial charge in [-0.1, -0.05) is 24.3 Å². The highest BCUT2D eigenvalue weighted by Crippen LogP contribution is 2.29. The van der Waals surface area contributed by atoms with Gasteiger partial charge in [-0.05, 0) is 61.4 Å². The smallest absolute Gasteiger partial charge is 0.335 e. The molecule has 1 aliphatic rings. The van der Waals surface area contributed by atoms with Crippen molar-refractivity contribution in [3.8, 4) is 11.3 Å². The molecule has 1 fully saturated rings. The zero-order valence-electron chi connectivity index (χ0n) is 17.2. The van der Waals surface area contributed by atoms with Crippen molar-refractivity contribution in [3.05, 3.63) is 82.6 Å². The van der Waals surface area contributed by atoms with Crippen LogP contribution in [0, 0.1) is 13.8 Å². The van der Waals surface area contributed by atoms with E-state index < -0.39 is 23.8 Å². The number of benzene rings is 2. The van der Waals surface area contributed by atoms with E-state index in [4.69, 9.17) is 4.42 Å². The summed E-state index contributed by atoms with van der Waals surface area (Å²) < 4.78 is 5.77. The number of rotatable bonds is 4. The van der Waals surface area contributed by atoms with Crippen molar-refractivity contribution >= 4 is 35.6 Å². The summed E-state index contributed by atoms with van der Waals surface area (Å²) in [5.74, 6) is -2.07. The number of carboxylic acid groups (broad SMARTS) is 1. The van der Waals surface area contributed by atoms with Gasteiger partial charge in [0.15, 0.2) is 0 Å². The molecule has 0 aliphatic carbocycles. The Labute approximate surface area is 182 Å². The van der Waals surface area contributed by atoms with Crippen LogP contribution in [0.4, 0.5) is 10.5 Å². The van der Waals surface area contributed by atoms with E-state index in [1.54, 1.807) is 49.4 Å². The number of barbiturate groups is 1. The highest BCUT2D eigenvalue weighted by molar-refractivity contribution is 6.39. The third kappa shape index (κ3) is 3.69. The Kier molecular flexibility index (Phi) is 5.19. The number of imide groups is 2. The minimum atomic E-state index is -1.06. The number of carbonyl (C=O) groups is 4. The lowest BCUT2D eigenvalue weighted by atomic mass is 10.0. The SMILES string of the molecule is Cc1ccc(C(=O)O)cc1-c1ccc(/C=C2\C(=O)NC(=O)N(c3ccccc3C)C2=O)o1. The number of para-hydroxylation sites is 1. The first kappa shape index (κ1) is 20.8. The summed E-state index contributed by atoms with van der Waals surface area (Å²) in [6, 6.07) is 13.8. The van der Waals surface area contributed by atoms with Crippen LogP contribution >= 0.6 is 0 Å². The van der Waals surface area contributed by atoms with Crippen LogP contribution in [0.1, 0.15) is 27.2 Å². The maximum atomic E-state index is 13.0. The van der Waals surface area contributed by atoms with E-state index >= 15 is 0 Å². The third-order valence-corrected chi connectivity index (χ3v) is 5.12. The van der Waals surface area contributed by atoms with Gasteiger partial charge in [-0.25, -0.2) is 14.5 Å². The van der Waals surface area contributed by atoms with Crippen LogP contribution in [0.3, 0.4) is 0 Å². The molecule has 4 rings (SSSR count). The Morgan fingerprint density at radius 3 is 2.47 bits per heavy atom. The molecule has 1 aliphatic heterocycles. The second kappa shape index (κ2) is 7.99. The summed E-state index contributed by atoms with van der Waals surface area (Å²) in [7, 11) is 0. The standard InChI is InChI=1S/C24H18N2O6/c1-13-7-8-15(23(29)30)11-17(13)20-10-9-16(32-20)12-18-21(27)25-24(31)26(22(18)28)19-6-4-3-5-14(19)2/h3-12H,1-2H3,(H,29,30)(H,25,27,31)/b18-12+. The van der Waals surface area contributed by atoms with E-state index in [1.807, 2.05) is 6.92 Å². The zero-order valence-corrected chi connectivity index (χ0v) is 17.2. The van der Waals surface area contributed by atoms with Gasteiger partial charge in [-0.3, -0.25) is 14.9 Å². The van der Waals surface area contributed by atoms with Gasteiger partial charge in [0.25, 0.3) is 11.8 Å². The van der Waals surface area contributed by atoms with Crippen LogP contribution in [0.15, 0.2) is 64.6 Å². The Bertz CT molecular complexity index is 1320. The Hall–Kier alpha value is -4.46. The maximum Gasteiger partial charge on any atom is 0.335 e. The first-order chi connectivity index (χ1) is 15.3. The first-order valence-corrected chi connectivity index (χ1v) is 9.67. The molecule has 0 bridgehead atoms. The molecule has 0 spiro atoms. The van der Waals surface area contributed by atoms with Crippen molar-refractivity contribution in [1.29, 1.82) is 0 Å². The third-order valence-electron chi connectivity index (χ3n) is 5.12. The van der Waals surface area contributed by atoms with Gasteiger partial charge in [-0.2, -0.15) is 0 Å². The molecule has 0 atom stereocenters. The lowest BCUT2D eigenvalue weighted by Gasteiger charge is -2.27. The number of nitrogens with one attached hydrogen (secondary N) is 1. The van der Waals surface area contributed by atoms with Crippen LogP contribution in [0.2, 0.25) is 0 Å². The molecule has 4 amide bonds. The number of furan rings is 1. The predicted molar refractivity (Wildman–Crippen MR) is 116 cm³/mol. The number of nitrogens with zero attached hydrogens (tertiary/aromatic N) is 1. The van der Waals surface area contributed by atoms with Gasteiger partial charge in [0.2, 0.25) is 0 Å². The molecule has 2 aromatic carbocycles. The van der Waals surface area contributed by atoms with Gasteiger partial charge < -0.3 is 9.52 Å². The average Bonchev–Trinajstić information content (AvgIpc) is 3.21. The van der Waals surface area contributed by atoms with Gasteiger partial charge in [0.1, 0.15) is 17.1 Å². The number of carboxylic acids is 1. The van der Waals surface area contributed by atoms with E-state index in [0.29, 0.717) is 22.6 Å². The number of hydrogen-bond donors (Lipinski definition) is 2. The number of hydrogen-bond acceptors (Lipinski definition) is 5. The fraction of sp³-hybridized carbons (Fsp3) is 0.0833. The predicted octanol–water partition coefficient (Wildman–Crippen LogP) is 3.93. The fourth-order valence-electron chi connectivity index (χ4n) is 3.43. The lowest BCUT2D eigenvalue weighted by molar-refractivity contribution is -0.122. The molecule has 32 heavy (non-hydrogen) atoms. The number of amides is 4. The summed E-state index contributed by atoms with van der Waals surface area (Å²) >= 11 is 0. The number of carbonyl (C=O) groups excluding carboxylic acids is 3. The normalized spacial score (nSPS) is 15.2. The molecule has 0 unspecified atom stereocenters. The van der Waals surface area contributed by atoms with Crippen molar-refractivity contribution in [2.75, 3.05) is 4.90 Å². The Balaban J connectivity index is 1.71. The van der Waals surface area contributed by atoms with Gasteiger partial charge in [0.05, 0.1) is 11.3 Å². The lowest BCUT2D eigenvalue weighted by Crippen LogP contribution is -2.54. The maximum absolute atomic E-state index is 13.0. The second-order valence-electron chi connectivity index (χ2n) is 7.28. The summed E-state index contributed by atoms with van der Waals surface area (Å²) in [6.07, 6.45) is 1.26. The largest absolute Gasteiger partial charge is 0.478 e. The minimum Gasteiger partial charge on any atom is -0.478 e. The second-order valence-corrected chi connectivity index (χ2v) is 7.28. The van der Waals surface area contributed by atoms with Crippen LogP contribution in [0.25, 0.3) is 17.4 Å². The summed E-state index contributed by atoms with van der Waals surface area (Å²) in [4.78, 5) is 49.9. The summed E-state index contributed by atoms with van der Waals surface area (Å²) in [5, 5.41) is 11.4. The molecule has 0 radical (unpaired) electrons.